The zero-order valence-electron chi connectivity index (χ0n) is 21.9. The van der Waals surface area contributed by atoms with E-state index in [9.17, 15) is 9.59 Å². The summed E-state index contributed by atoms with van der Waals surface area (Å²) in [6, 6.07) is 0. The number of thioether (sulfide) groups is 1. The van der Waals surface area contributed by atoms with Gasteiger partial charge in [0.15, 0.2) is 5.78 Å². The lowest BCUT2D eigenvalue weighted by Gasteiger charge is -2.14. The second kappa shape index (κ2) is 16.1. The van der Waals surface area contributed by atoms with E-state index in [-0.39, 0.29) is 17.5 Å². The fourth-order valence-corrected chi connectivity index (χ4v) is 4.33. The van der Waals surface area contributed by atoms with Crippen LogP contribution in [-0.2, 0) is 9.59 Å². The summed E-state index contributed by atoms with van der Waals surface area (Å²) in [4.78, 5) is 34.9. The molecule has 192 valence electrons. The lowest BCUT2D eigenvalue weighted by Crippen LogP contribution is -2.08. The molecule has 6 heteroatoms. The average Bonchev–Trinajstić information content (AvgIpc) is 2.83. The van der Waals surface area contributed by atoms with Gasteiger partial charge in [-0.2, -0.15) is 0 Å². The average molecular weight is 514 g/mol. The first-order valence-electron chi connectivity index (χ1n) is 12.2. The number of amidine groups is 1. The zero-order chi connectivity index (χ0) is 27.0. The number of carbonyl (C=O) groups is 2. The summed E-state index contributed by atoms with van der Waals surface area (Å²) < 4.78 is 0. The number of Topliss-reactive ketones (excluding diaryl/α,β-unsaturated/α-hetero) is 1. The molecule has 5 nitrogen and oxygen atoms in total. The van der Waals surface area contributed by atoms with Crippen LogP contribution >= 0.6 is 11.8 Å². The maximum Gasteiger partial charge on any atom is 0.203 e. The molecular formula is C31H35N3O2S. The van der Waals surface area contributed by atoms with Crippen molar-refractivity contribution < 1.29 is 9.59 Å². The maximum absolute atomic E-state index is 12.9. The van der Waals surface area contributed by atoms with Crippen molar-refractivity contribution in [3.8, 4) is 0 Å². The van der Waals surface area contributed by atoms with Gasteiger partial charge in [0.25, 0.3) is 0 Å². The molecule has 0 aromatic heterocycles. The lowest BCUT2D eigenvalue weighted by atomic mass is 10.1. The third kappa shape index (κ3) is 10.8. The Morgan fingerprint density at radius 1 is 1.08 bits per heavy atom. The highest BCUT2D eigenvalue weighted by molar-refractivity contribution is 8.07. The topological polar surface area (TPSA) is 84.9 Å². The molecule has 2 aliphatic rings. The van der Waals surface area contributed by atoms with Crippen molar-refractivity contribution in [1.82, 2.24) is 0 Å². The van der Waals surface area contributed by atoms with E-state index in [1.165, 1.54) is 11.8 Å². The van der Waals surface area contributed by atoms with Crippen LogP contribution in [0.2, 0.25) is 0 Å². The van der Waals surface area contributed by atoms with Crippen LogP contribution in [0.5, 0.6) is 0 Å². The number of hydrogen-bond acceptors (Lipinski definition) is 6. The van der Waals surface area contributed by atoms with Gasteiger partial charge in [0.2, 0.25) is 5.78 Å². The van der Waals surface area contributed by atoms with Gasteiger partial charge in [-0.05, 0) is 86.0 Å². The minimum absolute atomic E-state index is 0.0545. The van der Waals surface area contributed by atoms with Crippen LogP contribution in [-0.4, -0.2) is 23.6 Å². The minimum atomic E-state index is -0.160. The third-order valence-corrected chi connectivity index (χ3v) is 6.97. The standard InChI is InChI=1S/C31H35N3O2S/c1-5-29(37-30(6-2)24(4)35)23(3)13-11-18-28(36)27-21-25(14-7-9-19-33-27)16-12-17-26-15-8-10-20-34-31(32)22-26/h5-12,14-16,18-23H,13,17H2,1-4H3,(H2,32,34)/b9-7+,14-7?,16-12+,18-11+,19-9?,25-14+,25-21?,27-21?,29-5-,30-6-,33-19?,33-27?. The number of nitrogens with two attached hydrogens (primary N) is 1. The molecule has 2 aliphatic heterocycles. The summed E-state index contributed by atoms with van der Waals surface area (Å²) in [7, 11) is 0. The van der Waals surface area contributed by atoms with Crippen molar-refractivity contribution in [2.75, 3.05) is 0 Å². The van der Waals surface area contributed by atoms with Crippen molar-refractivity contribution in [1.29, 1.82) is 0 Å². The third-order valence-electron chi connectivity index (χ3n) is 5.35. The fraction of sp³-hybridized carbons (Fsp3) is 0.226. The number of nitrogens with zero attached hydrogens (tertiary/aromatic N) is 2. The molecule has 0 amide bonds. The van der Waals surface area contributed by atoms with E-state index >= 15 is 0 Å². The van der Waals surface area contributed by atoms with Crippen molar-refractivity contribution in [2.24, 2.45) is 21.6 Å². The van der Waals surface area contributed by atoms with Crippen molar-refractivity contribution >= 4 is 35.4 Å². The molecule has 0 fully saturated rings. The van der Waals surface area contributed by atoms with Crippen LogP contribution in [0.4, 0.5) is 0 Å². The van der Waals surface area contributed by atoms with E-state index in [1.807, 2.05) is 80.7 Å². The van der Waals surface area contributed by atoms with Gasteiger partial charge in [-0.1, -0.05) is 73.4 Å². The van der Waals surface area contributed by atoms with Crippen molar-refractivity contribution in [2.45, 2.75) is 40.5 Å². The summed E-state index contributed by atoms with van der Waals surface area (Å²) in [5.74, 6) is 0.531. The van der Waals surface area contributed by atoms with Crippen LogP contribution in [0.3, 0.4) is 0 Å². The van der Waals surface area contributed by atoms with Crippen LogP contribution in [0.15, 0.2) is 128 Å². The zero-order valence-corrected chi connectivity index (χ0v) is 22.7. The smallest absolute Gasteiger partial charge is 0.203 e. The van der Waals surface area contributed by atoms with Crippen LogP contribution in [0.25, 0.3) is 0 Å². The van der Waals surface area contributed by atoms with Gasteiger partial charge < -0.3 is 5.73 Å². The van der Waals surface area contributed by atoms with Gasteiger partial charge >= 0.3 is 0 Å². The molecule has 0 spiro atoms. The summed E-state index contributed by atoms with van der Waals surface area (Å²) in [6.07, 6.45) is 30.9. The first kappa shape index (κ1) is 29.5. The quantitative estimate of drug-likeness (QED) is 0.301. The first-order chi connectivity index (χ1) is 17.8. The Kier molecular flexibility index (Phi) is 12.8. The van der Waals surface area contributed by atoms with E-state index in [1.54, 1.807) is 37.6 Å². The summed E-state index contributed by atoms with van der Waals surface area (Å²) in [6.45, 7) is 7.49. The molecule has 0 aliphatic carbocycles. The van der Waals surface area contributed by atoms with Gasteiger partial charge in [-0.15, -0.1) is 0 Å². The van der Waals surface area contributed by atoms with Gasteiger partial charge in [-0.25, -0.2) is 4.99 Å². The Morgan fingerprint density at radius 2 is 1.89 bits per heavy atom. The van der Waals surface area contributed by atoms with Gasteiger partial charge in [0.05, 0.1) is 4.91 Å². The predicted octanol–water partition coefficient (Wildman–Crippen LogP) is 7.03. The fourth-order valence-electron chi connectivity index (χ4n) is 3.40. The maximum atomic E-state index is 12.9. The number of aliphatic imine (C=N–C) groups is 2. The molecular weight excluding hydrogens is 478 g/mol. The number of carbonyl (C=O) groups excluding carboxylic acids is 2. The summed E-state index contributed by atoms with van der Waals surface area (Å²) in [5, 5.41) is 0. The molecule has 37 heavy (non-hydrogen) atoms. The molecule has 2 heterocycles. The van der Waals surface area contributed by atoms with E-state index in [2.05, 4.69) is 16.9 Å². The Hall–Kier alpha value is -3.77. The van der Waals surface area contributed by atoms with Crippen LogP contribution < -0.4 is 5.73 Å². The Bertz CT molecular complexity index is 1230. The molecule has 2 N–H and O–H groups in total. The SMILES string of the molecule is C/C=C(\S/C(=C\C)C(C)C/C=C/C(=O)C1=CC(/C=C/CC2=CC(N)=N/C=C/C=C2)=C/C=C/C=N1)C(C)=O. The minimum Gasteiger partial charge on any atom is -0.384 e. The molecule has 0 aromatic rings. The van der Waals surface area contributed by atoms with Gasteiger partial charge in [0, 0.05) is 12.4 Å². The normalized spacial score (nSPS) is 20.6. The molecule has 1 unspecified atom stereocenters. The van der Waals surface area contributed by atoms with Crippen molar-refractivity contribution in [3.05, 3.63) is 118 Å². The van der Waals surface area contributed by atoms with E-state index < -0.39 is 0 Å². The second-order valence-electron chi connectivity index (χ2n) is 8.35. The number of ketones is 2. The largest absolute Gasteiger partial charge is 0.384 e. The van der Waals surface area contributed by atoms with E-state index in [4.69, 9.17) is 5.73 Å². The predicted molar refractivity (Wildman–Crippen MR) is 159 cm³/mol. The second-order valence-corrected chi connectivity index (χ2v) is 9.46. The Balaban J connectivity index is 2.06. The lowest BCUT2D eigenvalue weighted by molar-refractivity contribution is -0.113. The molecule has 0 bridgehead atoms. The highest BCUT2D eigenvalue weighted by Crippen LogP contribution is 2.33. The van der Waals surface area contributed by atoms with Crippen LogP contribution in [0, 0.1) is 5.92 Å². The molecule has 2 rings (SSSR count). The summed E-state index contributed by atoms with van der Waals surface area (Å²) in [5.41, 5.74) is 8.14. The highest BCUT2D eigenvalue weighted by atomic mass is 32.2. The number of hydrogen-bond donors (Lipinski definition) is 1. The number of rotatable bonds is 11. The van der Waals surface area contributed by atoms with E-state index in [0.717, 1.165) is 21.0 Å². The Morgan fingerprint density at radius 3 is 2.62 bits per heavy atom. The highest BCUT2D eigenvalue weighted by Gasteiger charge is 2.13. The van der Waals surface area contributed by atoms with Gasteiger partial charge in [0.1, 0.15) is 11.5 Å². The Labute approximate surface area is 224 Å². The van der Waals surface area contributed by atoms with Crippen LogP contribution in [0.1, 0.15) is 40.5 Å². The first-order valence-corrected chi connectivity index (χ1v) is 13.0. The van der Waals surface area contributed by atoms with Crippen molar-refractivity contribution in [3.63, 3.8) is 0 Å². The molecule has 0 saturated carbocycles. The van der Waals surface area contributed by atoms with Gasteiger partial charge in [-0.3, -0.25) is 14.6 Å². The molecule has 0 aromatic carbocycles. The molecule has 0 radical (unpaired) electrons. The summed E-state index contributed by atoms with van der Waals surface area (Å²) >= 11 is 1.49. The number of allylic oxidation sites excluding steroid dienone is 17. The monoisotopic (exact) mass is 513 g/mol. The molecule has 1 atom stereocenters. The van der Waals surface area contributed by atoms with E-state index in [0.29, 0.717) is 24.4 Å². The molecule has 0 saturated heterocycles.